The van der Waals surface area contributed by atoms with Crippen LogP contribution in [0.1, 0.15) is 5.69 Å². The highest BCUT2D eigenvalue weighted by Gasteiger charge is 2.15. The van der Waals surface area contributed by atoms with Gasteiger partial charge >= 0.3 is 0 Å². The molecule has 0 fully saturated rings. The Morgan fingerprint density at radius 3 is 2.55 bits per heavy atom. The third-order valence-corrected chi connectivity index (χ3v) is 3.83. The summed E-state index contributed by atoms with van der Waals surface area (Å²) >= 11 is 0. The van der Waals surface area contributed by atoms with Crippen LogP contribution in [0, 0.1) is 6.92 Å². The lowest BCUT2D eigenvalue weighted by Crippen LogP contribution is -1.88. The molecule has 3 nitrogen and oxygen atoms in total. The van der Waals surface area contributed by atoms with Crippen LogP contribution in [0.5, 0.6) is 5.75 Å². The monoisotopic (exact) mass is 289 g/mol. The Balaban J connectivity index is 2.14. The molecule has 4 aromatic rings. The van der Waals surface area contributed by atoms with Gasteiger partial charge in [-0.25, -0.2) is 0 Å². The summed E-state index contributed by atoms with van der Waals surface area (Å²) in [6, 6.07) is 18.0. The van der Waals surface area contributed by atoms with E-state index in [1.54, 1.807) is 7.11 Å². The molecule has 0 atom stereocenters. The first-order valence-electron chi connectivity index (χ1n) is 7.19. The van der Waals surface area contributed by atoms with Gasteiger partial charge in [0.25, 0.3) is 0 Å². The van der Waals surface area contributed by atoms with Gasteiger partial charge in [0, 0.05) is 22.7 Å². The highest BCUT2D eigenvalue weighted by Crippen LogP contribution is 2.37. The number of ether oxygens (including phenoxy) is 1. The highest BCUT2D eigenvalue weighted by molar-refractivity contribution is 6.11. The van der Waals surface area contributed by atoms with E-state index in [-0.39, 0.29) is 0 Å². The van der Waals surface area contributed by atoms with Gasteiger partial charge < -0.3 is 9.15 Å². The molecule has 2 heterocycles. The average Bonchev–Trinajstić information content (AvgIpc) is 2.91. The van der Waals surface area contributed by atoms with Crippen LogP contribution in [0.3, 0.4) is 0 Å². The van der Waals surface area contributed by atoms with Crippen LogP contribution in [0.25, 0.3) is 33.2 Å². The number of benzene rings is 2. The fourth-order valence-electron chi connectivity index (χ4n) is 2.83. The Morgan fingerprint density at radius 1 is 0.955 bits per heavy atom. The molecule has 0 aliphatic carbocycles. The van der Waals surface area contributed by atoms with Crippen molar-refractivity contribution in [2.75, 3.05) is 7.11 Å². The zero-order valence-corrected chi connectivity index (χ0v) is 12.5. The molecule has 108 valence electrons. The molecule has 0 saturated carbocycles. The number of fused-ring (bicyclic) bond motifs is 3. The zero-order chi connectivity index (χ0) is 15.1. The first-order valence-corrected chi connectivity index (χ1v) is 7.19. The molecule has 0 saturated heterocycles. The van der Waals surface area contributed by atoms with Crippen molar-refractivity contribution in [3.05, 3.63) is 60.3 Å². The summed E-state index contributed by atoms with van der Waals surface area (Å²) in [6.45, 7) is 1.99. The van der Waals surface area contributed by atoms with Crippen molar-refractivity contribution in [3.8, 4) is 17.0 Å². The first-order chi connectivity index (χ1) is 10.8. The van der Waals surface area contributed by atoms with Gasteiger partial charge in [-0.15, -0.1) is 0 Å². The fraction of sp³-hybridized carbons (Fsp3) is 0.105. The fourth-order valence-corrected chi connectivity index (χ4v) is 2.83. The van der Waals surface area contributed by atoms with Crippen LogP contribution < -0.4 is 4.74 Å². The molecule has 0 spiro atoms. The van der Waals surface area contributed by atoms with Gasteiger partial charge in [-0.2, -0.15) is 0 Å². The predicted octanol–water partition coefficient (Wildman–Crippen LogP) is 4.97. The standard InChI is InChI=1S/C19H15NO2/c1-12-10-17-18(19(20-12)13-6-4-3-5-7-13)15-11-14(21-2)8-9-16(15)22-17/h3-11H,1-2H3. The second kappa shape index (κ2) is 4.88. The van der Waals surface area contributed by atoms with E-state index in [0.29, 0.717) is 0 Å². The molecule has 0 radical (unpaired) electrons. The van der Waals surface area contributed by atoms with Crippen molar-refractivity contribution in [1.82, 2.24) is 4.98 Å². The van der Waals surface area contributed by atoms with E-state index in [9.17, 15) is 0 Å². The SMILES string of the molecule is COc1ccc2oc3cc(C)nc(-c4ccccc4)c3c2c1. The Hall–Kier alpha value is -2.81. The average molecular weight is 289 g/mol. The molecular formula is C19H15NO2. The van der Waals surface area contributed by atoms with E-state index in [2.05, 4.69) is 12.1 Å². The van der Waals surface area contributed by atoms with Gasteiger partial charge in [0.2, 0.25) is 0 Å². The number of rotatable bonds is 2. The molecule has 22 heavy (non-hydrogen) atoms. The minimum Gasteiger partial charge on any atom is -0.497 e. The molecular weight excluding hydrogens is 274 g/mol. The third kappa shape index (κ3) is 1.94. The van der Waals surface area contributed by atoms with Crippen LogP contribution in [0.2, 0.25) is 0 Å². The largest absolute Gasteiger partial charge is 0.497 e. The quantitative estimate of drug-likeness (QED) is 0.523. The number of hydrogen-bond donors (Lipinski definition) is 0. The lowest BCUT2D eigenvalue weighted by atomic mass is 10.0. The Bertz CT molecular complexity index is 971. The van der Waals surface area contributed by atoms with E-state index in [1.165, 1.54) is 0 Å². The molecule has 0 bridgehead atoms. The van der Waals surface area contributed by atoms with Gasteiger partial charge in [0.05, 0.1) is 18.2 Å². The summed E-state index contributed by atoms with van der Waals surface area (Å²) in [4.78, 5) is 4.75. The summed E-state index contributed by atoms with van der Waals surface area (Å²) in [7, 11) is 1.67. The maximum Gasteiger partial charge on any atom is 0.139 e. The highest BCUT2D eigenvalue weighted by atomic mass is 16.5. The number of aryl methyl sites for hydroxylation is 1. The second-order valence-corrected chi connectivity index (χ2v) is 5.32. The van der Waals surface area contributed by atoms with Crippen molar-refractivity contribution in [2.45, 2.75) is 6.92 Å². The minimum absolute atomic E-state index is 0.815. The van der Waals surface area contributed by atoms with Crippen LogP contribution in [-0.2, 0) is 0 Å². The van der Waals surface area contributed by atoms with Gasteiger partial charge in [-0.1, -0.05) is 30.3 Å². The second-order valence-electron chi connectivity index (χ2n) is 5.32. The molecule has 0 aliphatic heterocycles. The Kier molecular flexibility index (Phi) is 2.86. The lowest BCUT2D eigenvalue weighted by molar-refractivity contribution is 0.415. The maximum absolute atomic E-state index is 6.00. The normalized spacial score (nSPS) is 11.2. The zero-order valence-electron chi connectivity index (χ0n) is 12.5. The Morgan fingerprint density at radius 2 is 1.77 bits per heavy atom. The smallest absolute Gasteiger partial charge is 0.139 e. The summed E-state index contributed by atoms with van der Waals surface area (Å²) in [6.07, 6.45) is 0. The number of aromatic nitrogens is 1. The van der Waals surface area contributed by atoms with Crippen molar-refractivity contribution < 1.29 is 9.15 Å². The maximum atomic E-state index is 6.00. The molecule has 2 aromatic heterocycles. The predicted molar refractivity (Wildman–Crippen MR) is 88.2 cm³/mol. The Labute approximate surface area is 128 Å². The van der Waals surface area contributed by atoms with Crippen molar-refractivity contribution in [2.24, 2.45) is 0 Å². The molecule has 0 amide bonds. The first kappa shape index (κ1) is 12.9. The molecule has 0 aliphatic rings. The van der Waals surface area contributed by atoms with Crippen LogP contribution in [0.15, 0.2) is 59.0 Å². The van der Waals surface area contributed by atoms with E-state index in [4.69, 9.17) is 14.1 Å². The van der Waals surface area contributed by atoms with Crippen LogP contribution >= 0.6 is 0 Å². The van der Waals surface area contributed by atoms with Gasteiger partial charge in [-0.05, 0) is 25.1 Å². The molecule has 2 aromatic carbocycles. The molecule has 3 heteroatoms. The topological polar surface area (TPSA) is 35.3 Å². The van der Waals surface area contributed by atoms with Crippen molar-refractivity contribution >= 4 is 21.9 Å². The number of pyridine rings is 1. The molecule has 0 unspecified atom stereocenters. The van der Waals surface area contributed by atoms with E-state index in [0.717, 1.165) is 44.6 Å². The molecule has 4 rings (SSSR count). The van der Waals surface area contributed by atoms with E-state index in [1.807, 2.05) is 49.4 Å². The molecule has 0 N–H and O–H groups in total. The lowest BCUT2D eigenvalue weighted by Gasteiger charge is -2.05. The van der Waals surface area contributed by atoms with Crippen molar-refractivity contribution in [3.63, 3.8) is 0 Å². The summed E-state index contributed by atoms with van der Waals surface area (Å²) in [5.74, 6) is 0.815. The van der Waals surface area contributed by atoms with E-state index >= 15 is 0 Å². The number of methoxy groups -OCH3 is 1. The number of furan rings is 1. The summed E-state index contributed by atoms with van der Waals surface area (Å²) < 4.78 is 11.3. The third-order valence-electron chi connectivity index (χ3n) is 3.83. The number of hydrogen-bond acceptors (Lipinski definition) is 3. The summed E-state index contributed by atoms with van der Waals surface area (Å²) in [5, 5.41) is 2.06. The minimum atomic E-state index is 0.815. The van der Waals surface area contributed by atoms with Crippen molar-refractivity contribution in [1.29, 1.82) is 0 Å². The van der Waals surface area contributed by atoms with Gasteiger partial charge in [-0.3, -0.25) is 4.98 Å². The van der Waals surface area contributed by atoms with Crippen LogP contribution in [-0.4, -0.2) is 12.1 Å². The van der Waals surface area contributed by atoms with Gasteiger partial charge in [0.15, 0.2) is 0 Å². The summed E-state index contributed by atoms with van der Waals surface area (Å²) in [5.41, 5.74) is 4.68. The van der Waals surface area contributed by atoms with Gasteiger partial charge in [0.1, 0.15) is 16.9 Å². The van der Waals surface area contributed by atoms with Crippen LogP contribution in [0.4, 0.5) is 0 Å². The number of nitrogens with zero attached hydrogens (tertiary/aromatic N) is 1. The van der Waals surface area contributed by atoms with E-state index < -0.39 is 0 Å².